The first kappa shape index (κ1) is 13.7. The smallest absolute Gasteiger partial charge is 0.373 e. The van der Waals surface area contributed by atoms with Crippen molar-refractivity contribution in [2.45, 2.75) is 6.61 Å². The first-order chi connectivity index (χ1) is 9.72. The van der Waals surface area contributed by atoms with Gasteiger partial charge < -0.3 is 19.1 Å². The fraction of sp³-hybridized carbons (Fsp3) is 0.143. The molecule has 1 N–H and O–H groups in total. The van der Waals surface area contributed by atoms with Gasteiger partial charge in [-0.3, -0.25) is 0 Å². The van der Waals surface area contributed by atoms with E-state index in [0.29, 0.717) is 11.5 Å². The third-order valence-electron chi connectivity index (χ3n) is 2.52. The molecule has 0 saturated heterocycles. The summed E-state index contributed by atoms with van der Waals surface area (Å²) in [6, 6.07) is 10.2. The van der Waals surface area contributed by atoms with Gasteiger partial charge in [0.15, 0.2) is 0 Å². The summed E-state index contributed by atoms with van der Waals surface area (Å²) in [4.78, 5) is 11.2. The molecule has 1 heterocycles. The molecule has 1 aromatic heterocycles. The normalized spacial score (nSPS) is 10.7. The lowest BCUT2D eigenvalue weighted by Crippen LogP contribution is -1.99. The number of hydrogen-bond acceptors (Lipinski definition) is 6. The molecule has 0 aliphatic heterocycles. The lowest BCUT2D eigenvalue weighted by atomic mass is 10.2. The zero-order chi connectivity index (χ0) is 14.4. The van der Waals surface area contributed by atoms with Crippen LogP contribution in [0, 0.1) is 0 Å². The Morgan fingerprint density at radius 2 is 2.05 bits per heavy atom. The van der Waals surface area contributed by atoms with Crippen molar-refractivity contribution < 1.29 is 23.9 Å². The topological polar surface area (TPSA) is 81.3 Å². The summed E-state index contributed by atoms with van der Waals surface area (Å²) in [5.74, 6) is 0.770. The van der Waals surface area contributed by atoms with Gasteiger partial charge in [0.25, 0.3) is 0 Å². The van der Waals surface area contributed by atoms with E-state index < -0.39 is 5.97 Å². The highest BCUT2D eigenvalue weighted by Gasteiger charge is 2.11. The summed E-state index contributed by atoms with van der Waals surface area (Å²) in [5, 5.41) is 11.3. The highest BCUT2D eigenvalue weighted by Crippen LogP contribution is 2.15. The Morgan fingerprint density at radius 1 is 1.30 bits per heavy atom. The molecule has 6 nitrogen and oxygen atoms in total. The summed E-state index contributed by atoms with van der Waals surface area (Å²) in [7, 11) is 1.29. The van der Waals surface area contributed by atoms with E-state index in [1.54, 1.807) is 30.3 Å². The summed E-state index contributed by atoms with van der Waals surface area (Å²) >= 11 is 0. The maximum atomic E-state index is 11.2. The molecule has 2 aromatic rings. The summed E-state index contributed by atoms with van der Waals surface area (Å²) in [5.41, 5.74) is 0.755. The maximum Gasteiger partial charge on any atom is 0.373 e. The van der Waals surface area contributed by atoms with E-state index in [-0.39, 0.29) is 12.4 Å². The third-order valence-corrected chi connectivity index (χ3v) is 2.52. The Labute approximate surface area is 115 Å². The third kappa shape index (κ3) is 3.38. The van der Waals surface area contributed by atoms with Crippen molar-refractivity contribution in [3.63, 3.8) is 0 Å². The Balaban J connectivity index is 1.94. The predicted octanol–water partition coefficient (Wildman–Crippen LogP) is 2.45. The van der Waals surface area contributed by atoms with Crippen molar-refractivity contribution >= 4 is 12.2 Å². The molecule has 0 radical (unpaired) electrons. The lowest BCUT2D eigenvalue weighted by molar-refractivity contribution is 0.0561. The van der Waals surface area contributed by atoms with Crippen molar-refractivity contribution in [1.29, 1.82) is 0 Å². The van der Waals surface area contributed by atoms with Crippen LogP contribution in [-0.4, -0.2) is 24.5 Å². The lowest BCUT2D eigenvalue weighted by Gasteiger charge is -2.04. The van der Waals surface area contributed by atoms with Gasteiger partial charge in [-0.2, -0.15) is 0 Å². The number of methoxy groups -OCH3 is 1. The number of oxime groups is 1. The van der Waals surface area contributed by atoms with Gasteiger partial charge in [0.1, 0.15) is 18.1 Å². The first-order valence-electron chi connectivity index (χ1n) is 5.80. The summed E-state index contributed by atoms with van der Waals surface area (Å²) in [6.45, 7) is 0.199. The summed E-state index contributed by atoms with van der Waals surface area (Å²) in [6.07, 6.45) is 1.32. The van der Waals surface area contributed by atoms with Gasteiger partial charge in [-0.25, -0.2) is 4.79 Å². The van der Waals surface area contributed by atoms with Crippen LogP contribution in [0.5, 0.6) is 5.75 Å². The van der Waals surface area contributed by atoms with Crippen molar-refractivity contribution in [3.05, 3.63) is 53.5 Å². The number of furan rings is 1. The second kappa shape index (κ2) is 6.42. The van der Waals surface area contributed by atoms with Gasteiger partial charge in [0.05, 0.1) is 13.3 Å². The fourth-order valence-electron chi connectivity index (χ4n) is 1.54. The minimum absolute atomic E-state index is 0.139. The second-order valence-electron chi connectivity index (χ2n) is 3.86. The van der Waals surface area contributed by atoms with E-state index in [1.807, 2.05) is 0 Å². The number of benzene rings is 1. The van der Waals surface area contributed by atoms with Crippen LogP contribution in [0.15, 0.2) is 46.0 Å². The van der Waals surface area contributed by atoms with Gasteiger partial charge in [-0.05, 0) is 42.0 Å². The zero-order valence-electron chi connectivity index (χ0n) is 10.8. The standard InChI is InChI=1S/C14H13NO5/c1-18-14(16)13-7-6-12(20-13)9-19-11-4-2-10(3-5-11)8-15-17/h2-8,17H,9H2,1H3. The zero-order valence-corrected chi connectivity index (χ0v) is 10.8. The largest absolute Gasteiger partial charge is 0.486 e. The van der Waals surface area contributed by atoms with Gasteiger partial charge >= 0.3 is 5.97 Å². The fourth-order valence-corrected chi connectivity index (χ4v) is 1.54. The Hall–Kier alpha value is -2.76. The minimum atomic E-state index is -0.524. The van der Waals surface area contributed by atoms with Crippen LogP contribution in [0.1, 0.15) is 21.9 Å². The van der Waals surface area contributed by atoms with Crippen LogP contribution >= 0.6 is 0 Å². The quantitative estimate of drug-likeness (QED) is 0.392. The van der Waals surface area contributed by atoms with E-state index in [4.69, 9.17) is 14.4 Å². The van der Waals surface area contributed by atoms with Crippen LogP contribution in [0.3, 0.4) is 0 Å². The minimum Gasteiger partial charge on any atom is -0.486 e. The van der Waals surface area contributed by atoms with E-state index in [1.165, 1.54) is 19.4 Å². The Morgan fingerprint density at radius 3 is 2.70 bits per heavy atom. The molecule has 0 bridgehead atoms. The van der Waals surface area contributed by atoms with E-state index in [9.17, 15) is 4.79 Å². The van der Waals surface area contributed by atoms with Crippen LogP contribution < -0.4 is 4.74 Å². The maximum absolute atomic E-state index is 11.2. The number of carbonyl (C=O) groups is 1. The molecule has 0 amide bonds. The van der Waals surface area contributed by atoms with Gasteiger partial charge in [-0.15, -0.1) is 0 Å². The van der Waals surface area contributed by atoms with Gasteiger partial charge in [0, 0.05) is 0 Å². The van der Waals surface area contributed by atoms with Gasteiger partial charge in [-0.1, -0.05) is 5.16 Å². The molecule has 0 spiro atoms. The molecule has 1 aromatic carbocycles. The van der Waals surface area contributed by atoms with Crippen molar-refractivity contribution in [2.24, 2.45) is 5.16 Å². The second-order valence-corrected chi connectivity index (χ2v) is 3.86. The molecule has 0 aliphatic rings. The Kier molecular flexibility index (Phi) is 4.39. The highest BCUT2D eigenvalue weighted by molar-refractivity contribution is 5.86. The van der Waals surface area contributed by atoms with Crippen molar-refractivity contribution in [3.8, 4) is 5.75 Å². The number of esters is 1. The molecular weight excluding hydrogens is 262 g/mol. The number of ether oxygens (including phenoxy) is 2. The van der Waals surface area contributed by atoms with Crippen LogP contribution in [-0.2, 0) is 11.3 Å². The molecule has 104 valence electrons. The average molecular weight is 275 g/mol. The summed E-state index contributed by atoms with van der Waals surface area (Å²) < 4.78 is 15.3. The first-order valence-corrected chi connectivity index (χ1v) is 5.80. The molecular formula is C14H13NO5. The van der Waals surface area contributed by atoms with Crippen molar-refractivity contribution in [1.82, 2.24) is 0 Å². The van der Waals surface area contributed by atoms with E-state index in [2.05, 4.69) is 9.89 Å². The van der Waals surface area contributed by atoms with Crippen LogP contribution in [0.4, 0.5) is 0 Å². The molecule has 0 saturated carbocycles. The average Bonchev–Trinajstić information content (AvgIpc) is 2.95. The monoisotopic (exact) mass is 275 g/mol. The number of rotatable bonds is 5. The molecule has 0 unspecified atom stereocenters. The molecule has 6 heteroatoms. The molecule has 0 fully saturated rings. The number of carbonyl (C=O) groups excluding carboxylic acids is 1. The Bertz CT molecular complexity index is 600. The number of hydrogen-bond donors (Lipinski definition) is 1. The highest BCUT2D eigenvalue weighted by atomic mass is 16.5. The van der Waals surface area contributed by atoms with Crippen molar-refractivity contribution in [2.75, 3.05) is 7.11 Å². The number of nitrogens with zero attached hydrogens (tertiary/aromatic N) is 1. The van der Waals surface area contributed by atoms with Crippen LogP contribution in [0.25, 0.3) is 0 Å². The van der Waals surface area contributed by atoms with E-state index in [0.717, 1.165) is 5.56 Å². The SMILES string of the molecule is COC(=O)c1ccc(COc2ccc(C=NO)cc2)o1. The van der Waals surface area contributed by atoms with E-state index >= 15 is 0 Å². The molecule has 20 heavy (non-hydrogen) atoms. The van der Waals surface area contributed by atoms with Gasteiger partial charge in [0.2, 0.25) is 5.76 Å². The predicted molar refractivity (Wildman–Crippen MR) is 70.2 cm³/mol. The molecule has 0 aliphatic carbocycles. The molecule has 0 atom stereocenters. The van der Waals surface area contributed by atoms with Crippen LogP contribution in [0.2, 0.25) is 0 Å². The molecule has 2 rings (SSSR count).